The molecule has 0 N–H and O–H groups in total. The predicted molar refractivity (Wildman–Crippen MR) is 79.3 cm³/mol. The Morgan fingerprint density at radius 3 is 3.05 bits per heavy atom. The first kappa shape index (κ1) is 13.0. The first-order valence-electron chi connectivity index (χ1n) is 6.36. The van der Waals surface area contributed by atoms with Gasteiger partial charge in [-0.05, 0) is 18.2 Å². The number of hydrogen-bond donors (Lipinski definition) is 0. The van der Waals surface area contributed by atoms with E-state index in [4.69, 9.17) is 15.9 Å². The van der Waals surface area contributed by atoms with Crippen molar-refractivity contribution in [3.63, 3.8) is 0 Å². The maximum absolute atomic E-state index is 5.42. The summed E-state index contributed by atoms with van der Waals surface area (Å²) in [5, 5.41) is 0. The molecule has 3 rings (SSSR count). The third kappa shape index (κ3) is 2.51. The number of fused-ring (bicyclic) bond motifs is 1. The third-order valence-corrected chi connectivity index (χ3v) is 3.01. The number of benzene rings is 1. The van der Waals surface area contributed by atoms with Gasteiger partial charge in [-0.15, -0.1) is 6.42 Å². The Hall–Kier alpha value is -3.00. The second kappa shape index (κ2) is 5.55. The molecule has 104 valence electrons. The maximum Gasteiger partial charge on any atom is 0.234 e. The summed E-state index contributed by atoms with van der Waals surface area (Å²) < 4.78 is 12.7. The summed E-state index contributed by atoms with van der Waals surface area (Å²) in [6.45, 7) is 0.223. The Kier molecular flexibility index (Phi) is 3.44. The van der Waals surface area contributed by atoms with Gasteiger partial charge in [-0.1, -0.05) is 5.92 Å². The summed E-state index contributed by atoms with van der Waals surface area (Å²) in [5.74, 6) is 4.41. The summed E-state index contributed by atoms with van der Waals surface area (Å²) >= 11 is 0. The van der Waals surface area contributed by atoms with Gasteiger partial charge in [-0.25, -0.2) is 9.97 Å². The Balaban J connectivity index is 2.03. The van der Waals surface area contributed by atoms with Crippen LogP contribution >= 0.6 is 0 Å². The molecular formula is C16H13N3O2. The van der Waals surface area contributed by atoms with Crippen LogP contribution < -0.4 is 9.47 Å². The molecule has 0 aliphatic heterocycles. The molecule has 0 fully saturated rings. The van der Waals surface area contributed by atoms with Gasteiger partial charge < -0.3 is 9.47 Å². The molecule has 2 heterocycles. The van der Waals surface area contributed by atoms with Crippen LogP contribution in [0, 0.1) is 12.3 Å². The second-order valence-corrected chi connectivity index (χ2v) is 4.31. The van der Waals surface area contributed by atoms with Crippen molar-refractivity contribution in [3.8, 4) is 35.1 Å². The number of methoxy groups -OCH3 is 1. The van der Waals surface area contributed by atoms with E-state index < -0.39 is 0 Å². The van der Waals surface area contributed by atoms with Crippen molar-refractivity contribution < 1.29 is 9.47 Å². The number of hydrogen-bond acceptors (Lipinski definition) is 4. The highest BCUT2D eigenvalue weighted by Gasteiger charge is 2.11. The average molecular weight is 279 g/mol. The zero-order valence-corrected chi connectivity index (χ0v) is 11.5. The zero-order valence-electron chi connectivity index (χ0n) is 11.5. The van der Waals surface area contributed by atoms with Crippen molar-refractivity contribution in [1.82, 2.24) is 14.4 Å². The van der Waals surface area contributed by atoms with Gasteiger partial charge in [0.15, 0.2) is 0 Å². The molecule has 1 aromatic carbocycles. The van der Waals surface area contributed by atoms with Crippen molar-refractivity contribution in [1.29, 1.82) is 0 Å². The lowest BCUT2D eigenvalue weighted by molar-refractivity contribution is 0.363. The van der Waals surface area contributed by atoms with E-state index in [1.807, 2.05) is 35.0 Å². The maximum atomic E-state index is 5.42. The monoisotopic (exact) mass is 279 g/mol. The first-order chi connectivity index (χ1) is 10.3. The fourth-order valence-electron chi connectivity index (χ4n) is 2.06. The number of rotatable bonds is 4. The molecule has 5 nitrogen and oxygen atoms in total. The second-order valence-electron chi connectivity index (χ2n) is 4.31. The van der Waals surface area contributed by atoms with Gasteiger partial charge in [0.05, 0.1) is 12.8 Å². The predicted octanol–water partition coefficient (Wildman–Crippen LogP) is 2.42. The lowest BCUT2D eigenvalue weighted by Crippen LogP contribution is -1.95. The number of ether oxygens (including phenoxy) is 2. The molecule has 0 atom stereocenters. The van der Waals surface area contributed by atoms with Crippen molar-refractivity contribution in [2.24, 2.45) is 0 Å². The molecule has 0 aliphatic rings. The number of imidazole rings is 1. The highest BCUT2D eigenvalue weighted by atomic mass is 16.5. The highest BCUT2D eigenvalue weighted by Crippen LogP contribution is 2.32. The molecule has 0 bridgehead atoms. The van der Waals surface area contributed by atoms with Crippen molar-refractivity contribution in [2.75, 3.05) is 13.7 Å². The van der Waals surface area contributed by atoms with E-state index in [1.165, 1.54) is 0 Å². The van der Waals surface area contributed by atoms with E-state index in [9.17, 15) is 0 Å². The van der Waals surface area contributed by atoms with Crippen LogP contribution in [0.1, 0.15) is 0 Å². The average Bonchev–Trinajstić information content (AvgIpc) is 2.96. The molecule has 0 saturated carbocycles. The van der Waals surface area contributed by atoms with E-state index in [0.29, 0.717) is 17.3 Å². The summed E-state index contributed by atoms with van der Waals surface area (Å²) in [4.78, 5) is 8.69. The van der Waals surface area contributed by atoms with Gasteiger partial charge in [0.2, 0.25) is 5.78 Å². The van der Waals surface area contributed by atoms with Crippen molar-refractivity contribution >= 4 is 5.78 Å². The fraction of sp³-hybridized carbons (Fsp3) is 0.125. The van der Waals surface area contributed by atoms with Crippen molar-refractivity contribution in [2.45, 2.75) is 0 Å². The molecule has 0 radical (unpaired) electrons. The van der Waals surface area contributed by atoms with Crippen LogP contribution in [-0.4, -0.2) is 28.1 Å². The van der Waals surface area contributed by atoms with Gasteiger partial charge in [0.1, 0.15) is 18.1 Å². The molecular weight excluding hydrogens is 266 g/mol. The normalized spacial score (nSPS) is 10.3. The van der Waals surface area contributed by atoms with Gasteiger partial charge in [-0.2, -0.15) is 0 Å². The number of nitrogens with zero attached hydrogens (tertiary/aromatic N) is 3. The standard InChI is InChI=1S/C16H13N3O2/c1-3-9-21-12-5-6-13(15(10-12)20-2)14-11-19-8-4-7-17-16(19)18-14/h1,4-8,10-11H,9H2,2H3. The largest absolute Gasteiger partial charge is 0.496 e. The van der Waals surface area contributed by atoms with Gasteiger partial charge in [0.25, 0.3) is 0 Å². The van der Waals surface area contributed by atoms with Gasteiger partial charge in [0, 0.05) is 30.2 Å². The topological polar surface area (TPSA) is 48.7 Å². The van der Waals surface area contributed by atoms with E-state index >= 15 is 0 Å². The van der Waals surface area contributed by atoms with Crippen LogP contribution in [0.15, 0.2) is 42.9 Å². The van der Waals surface area contributed by atoms with Crippen LogP contribution in [0.4, 0.5) is 0 Å². The summed E-state index contributed by atoms with van der Waals surface area (Å²) in [6, 6.07) is 7.38. The molecule has 0 aliphatic carbocycles. The van der Waals surface area contributed by atoms with E-state index in [-0.39, 0.29) is 6.61 Å². The molecule has 5 heteroatoms. The third-order valence-electron chi connectivity index (χ3n) is 3.01. The highest BCUT2D eigenvalue weighted by molar-refractivity contribution is 5.69. The molecule has 21 heavy (non-hydrogen) atoms. The van der Waals surface area contributed by atoms with E-state index in [1.54, 1.807) is 19.4 Å². The zero-order chi connectivity index (χ0) is 14.7. The Labute approximate surface area is 122 Å². The summed E-state index contributed by atoms with van der Waals surface area (Å²) in [7, 11) is 1.61. The summed E-state index contributed by atoms with van der Waals surface area (Å²) in [5.41, 5.74) is 1.66. The molecule has 0 amide bonds. The van der Waals surface area contributed by atoms with Crippen LogP contribution in [0.3, 0.4) is 0 Å². The summed E-state index contributed by atoms with van der Waals surface area (Å²) in [6.07, 6.45) is 10.7. The van der Waals surface area contributed by atoms with Crippen LogP contribution in [0.2, 0.25) is 0 Å². The molecule has 2 aromatic heterocycles. The minimum atomic E-state index is 0.223. The SMILES string of the molecule is C#CCOc1ccc(-c2cn3cccnc3n2)c(OC)c1. The van der Waals surface area contributed by atoms with E-state index in [2.05, 4.69) is 15.9 Å². The van der Waals surface area contributed by atoms with Crippen LogP contribution in [0.25, 0.3) is 17.0 Å². The quantitative estimate of drug-likeness (QED) is 0.688. The molecule has 0 saturated heterocycles. The minimum absolute atomic E-state index is 0.223. The Morgan fingerprint density at radius 1 is 1.38 bits per heavy atom. The smallest absolute Gasteiger partial charge is 0.234 e. The Bertz CT molecular complexity index is 785. The number of aromatic nitrogens is 3. The number of terminal acetylenes is 1. The van der Waals surface area contributed by atoms with Crippen molar-refractivity contribution in [3.05, 3.63) is 42.9 Å². The molecule has 0 unspecified atom stereocenters. The van der Waals surface area contributed by atoms with Gasteiger partial charge >= 0.3 is 0 Å². The molecule has 0 spiro atoms. The van der Waals surface area contributed by atoms with E-state index in [0.717, 1.165) is 11.3 Å². The van der Waals surface area contributed by atoms with Crippen LogP contribution in [0.5, 0.6) is 11.5 Å². The lowest BCUT2D eigenvalue weighted by Gasteiger charge is -2.09. The molecule has 3 aromatic rings. The Morgan fingerprint density at radius 2 is 2.29 bits per heavy atom. The first-order valence-corrected chi connectivity index (χ1v) is 6.36. The van der Waals surface area contributed by atoms with Crippen LogP contribution in [-0.2, 0) is 0 Å². The fourth-order valence-corrected chi connectivity index (χ4v) is 2.06. The lowest BCUT2D eigenvalue weighted by atomic mass is 10.1. The minimum Gasteiger partial charge on any atom is -0.496 e. The van der Waals surface area contributed by atoms with Gasteiger partial charge in [-0.3, -0.25) is 4.40 Å².